The van der Waals surface area contributed by atoms with Crippen molar-refractivity contribution in [2.75, 3.05) is 5.32 Å². The van der Waals surface area contributed by atoms with Gasteiger partial charge >= 0.3 is 0 Å². The lowest BCUT2D eigenvalue weighted by Crippen LogP contribution is -2.24. The molecule has 21 heavy (non-hydrogen) atoms. The number of benzene rings is 1. The van der Waals surface area contributed by atoms with E-state index in [4.69, 9.17) is 0 Å². The first-order valence-electron chi connectivity index (χ1n) is 7.44. The molecule has 1 aliphatic rings. The Hall–Kier alpha value is -1.91. The zero-order chi connectivity index (χ0) is 14.7. The summed E-state index contributed by atoms with van der Waals surface area (Å²) in [6.07, 6.45) is 9.51. The normalized spacial score (nSPS) is 16.1. The van der Waals surface area contributed by atoms with E-state index in [-0.39, 0.29) is 6.54 Å². The van der Waals surface area contributed by atoms with Crippen molar-refractivity contribution in [3.05, 3.63) is 47.8 Å². The Morgan fingerprint density at radius 3 is 2.81 bits per heavy atom. The predicted octanol–water partition coefficient (Wildman–Crippen LogP) is 3.95. The van der Waals surface area contributed by atoms with Crippen LogP contribution in [0.1, 0.15) is 37.7 Å². The number of nitrogens with zero attached hydrogens (tertiary/aromatic N) is 2. The SMILES string of the molecule is Fc1ccc(F)c(Cn2ccnc2NC2CCCCC2)c1. The van der Waals surface area contributed by atoms with Crippen LogP contribution in [-0.4, -0.2) is 15.6 Å². The number of hydrogen-bond acceptors (Lipinski definition) is 2. The van der Waals surface area contributed by atoms with Crippen LogP contribution < -0.4 is 5.32 Å². The van der Waals surface area contributed by atoms with Crippen LogP contribution in [0.5, 0.6) is 0 Å². The summed E-state index contributed by atoms with van der Waals surface area (Å²) in [5, 5.41) is 3.42. The molecule has 0 saturated heterocycles. The lowest BCUT2D eigenvalue weighted by molar-refractivity contribution is 0.459. The fraction of sp³-hybridized carbons (Fsp3) is 0.438. The summed E-state index contributed by atoms with van der Waals surface area (Å²) in [6, 6.07) is 3.96. The van der Waals surface area contributed by atoms with Crippen molar-refractivity contribution < 1.29 is 8.78 Å². The highest BCUT2D eigenvalue weighted by Gasteiger charge is 2.15. The molecule has 1 fully saturated rings. The lowest BCUT2D eigenvalue weighted by Gasteiger charge is -2.23. The van der Waals surface area contributed by atoms with Gasteiger partial charge in [-0.15, -0.1) is 0 Å². The van der Waals surface area contributed by atoms with Crippen LogP contribution in [0.3, 0.4) is 0 Å². The van der Waals surface area contributed by atoms with Crippen molar-refractivity contribution in [2.45, 2.75) is 44.7 Å². The van der Waals surface area contributed by atoms with Crippen LogP contribution in [-0.2, 0) is 6.54 Å². The molecule has 0 atom stereocenters. The molecule has 1 aromatic carbocycles. The largest absolute Gasteiger partial charge is 0.353 e. The van der Waals surface area contributed by atoms with Gasteiger partial charge in [-0.25, -0.2) is 13.8 Å². The lowest BCUT2D eigenvalue weighted by atomic mass is 9.96. The molecule has 112 valence electrons. The van der Waals surface area contributed by atoms with E-state index >= 15 is 0 Å². The van der Waals surface area contributed by atoms with E-state index in [1.807, 2.05) is 4.57 Å². The van der Waals surface area contributed by atoms with Gasteiger partial charge in [0.15, 0.2) is 0 Å². The second-order valence-corrected chi connectivity index (χ2v) is 5.59. The fourth-order valence-electron chi connectivity index (χ4n) is 2.85. The van der Waals surface area contributed by atoms with E-state index in [0.29, 0.717) is 11.6 Å². The molecule has 0 aliphatic heterocycles. The number of rotatable bonds is 4. The Morgan fingerprint density at radius 1 is 1.19 bits per heavy atom. The number of hydrogen-bond donors (Lipinski definition) is 1. The first-order chi connectivity index (χ1) is 10.2. The highest BCUT2D eigenvalue weighted by atomic mass is 19.1. The minimum atomic E-state index is -0.423. The molecule has 0 unspecified atom stereocenters. The monoisotopic (exact) mass is 291 g/mol. The maximum atomic E-state index is 13.7. The molecule has 2 aromatic rings. The summed E-state index contributed by atoms with van der Waals surface area (Å²) in [7, 11) is 0. The molecule has 1 aliphatic carbocycles. The van der Waals surface area contributed by atoms with Crippen molar-refractivity contribution in [3.8, 4) is 0 Å². The van der Waals surface area contributed by atoms with Gasteiger partial charge in [0, 0.05) is 24.0 Å². The molecular formula is C16H19F2N3. The third-order valence-electron chi connectivity index (χ3n) is 4.00. The molecule has 1 aromatic heterocycles. The number of nitrogens with one attached hydrogen (secondary N) is 1. The molecule has 5 heteroatoms. The molecule has 1 N–H and O–H groups in total. The van der Waals surface area contributed by atoms with Gasteiger partial charge in [-0.05, 0) is 31.0 Å². The Kier molecular flexibility index (Phi) is 4.18. The van der Waals surface area contributed by atoms with Crippen LogP contribution in [0.15, 0.2) is 30.6 Å². The molecule has 0 spiro atoms. The number of halogens is 2. The first-order valence-corrected chi connectivity index (χ1v) is 7.44. The van der Waals surface area contributed by atoms with E-state index < -0.39 is 11.6 Å². The van der Waals surface area contributed by atoms with Crippen LogP contribution in [0.4, 0.5) is 14.7 Å². The van der Waals surface area contributed by atoms with Gasteiger partial charge in [-0.1, -0.05) is 19.3 Å². The zero-order valence-corrected chi connectivity index (χ0v) is 11.9. The zero-order valence-electron chi connectivity index (χ0n) is 11.9. The van der Waals surface area contributed by atoms with Gasteiger partial charge in [0.1, 0.15) is 11.6 Å². The molecule has 0 bridgehead atoms. The Bertz CT molecular complexity index is 603. The van der Waals surface area contributed by atoms with Crippen molar-refractivity contribution >= 4 is 5.95 Å². The van der Waals surface area contributed by atoms with E-state index in [0.717, 1.165) is 30.9 Å². The highest BCUT2D eigenvalue weighted by Crippen LogP contribution is 2.21. The minimum Gasteiger partial charge on any atom is -0.353 e. The van der Waals surface area contributed by atoms with Gasteiger partial charge in [0.2, 0.25) is 5.95 Å². The quantitative estimate of drug-likeness (QED) is 0.924. The van der Waals surface area contributed by atoms with E-state index in [2.05, 4.69) is 10.3 Å². The summed E-state index contributed by atoms with van der Waals surface area (Å²) in [5.74, 6) is -0.0902. The molecule has 3 rings (SSSR count). The summed E-state index contributed by atoms with van der Waals surface area (Å²) < 4.78 is 28.8. The Labute approximate surface area is 123 Å². The van der Waals surface area contributed by atoms with Crippen molar-refractivity contribution in [1.29, 1.82) is 0 Å². The topological polar surface area (TPSA) is 29.9 Å². The van der Waals surface area contributed by atoms with Gasteiger partial charge in [0.05, 0.1) is 6.54 Å². The van der Waals surface area contributed by atoms with Gasteiger partial charge in [-0.2, -0.15) is 0 Å². The van der Waals surface area contributed by atoms with Crippen molar-refractivity contribution in [3.63, 3.8) is 0 Å². The van der Waals surface area contributed by atoms with Crippen LogP contribution >= 0.6 is 0 Å². The standard InChI is InChI=1S/C16H19F2N3/c17-13-6-7-15(18)12(10-13)11-21-9-8-19-16(21)20-14-4-2-1-3-5-14/h6-10,14H,1-5,11H2,(H,19,20). The van der Waals surface area contributed by atoms with E-state index in [1.165, 1.54) is 25.3 Å². The second kappa shape index (κ2) is 6.24. The summed E-state index contributed by atoms with van der Waals surface area (Å²) in [4.78, 5) is 4.29. The first kappa shape index (κ1) is 14.0. The van der Waals surface area contributed by atoms with E-state index in [9.17, 15) is 8.78 Å². The minimum absolute atomic E-state index is 0.276. The average Bonchev–Trinajstić information content (AvgIpc) is 2.91. The number of aromatic nitrogens is 2. The van der Waals surface area contributed by atoms with Gasteiger partial charge in [-0.3, -0.25) is 0 Å². The summed E-state index contributed by atoms with van der Waals surface area (Å²) >= 11 is 0. The average molecular weight is 291 g/mol. The molecule has 3 nitrogen and oxygen atoms in total. The molecular weight excluding hydrogens is 272 g/mol. The third-order valence-corrected chi connectivity index (χ3v) is 4.00. The maximum Gasteiger partial charge on any atom is 0.203 e. The predicted molar refractivity (Wildman–Crippen MR) is 78.2 cm³/mol. The summed E-state index contributed by atoms with van der Waals surface area (Å²) in [5.41, 5.74) is 0.333. The second-order valence-electron chi connectivity index (χ2n) is 5.59. The smallest absolute Gasteiger partial charge is 0.203 e. The van der Waals surface area contributed by atoms with Crippen LogP contribution in [0.2, 0.25) is 0 Å². The van der Waals surface area contributed by atoms with Crippen LogP contribution in [0, 0.1) is 11.6 Å². The molecule has 0 radical (unpaired) electrons. The maximum absolute atomic E-state index is 13.7. The molecule has 1 heterocycles. The van der Waals surface area contributed by atoms with Gasteiger partial charge < -0.3 is 9.88 Å². The molecule has 1 saturated carbocycles. The fourth-order valence-corrected chi connectivity index (χ4v) is 2.85. The molecule has 0 amide bonds. The summed E-state index contributed by atoms with van der Waals surface area (Å²) in [6.45, 7) is 0.276. The van der Waals surface area contributed by atoms with Crippen molar-refractivity contribution in [2.24, 2.45) is 0 Å². The number of imidazole rings is 1. The van der Waals surface area contributed by atoms with Crippen LogP contribution in [0.25, 0.3) is 0 Å². The van der Waals surface area contributed by atoms with Crippen molar-refractivity contribution in [1.82, 2.24) is 9.55 Å². The highest BCUT2D eigenvalue weighted by molar-refractivity contribution is 5.30. The van der Waals surface area contributed by atoms with Gasteiger partial charge in [0.25, 0.3) is 0 Å². The Morgan fingerprint density at radius 2 is 2.00 bits per heavy atom. The number of anilines is 1. The Balaban J connectivity index is 1.74. The van der Waals surface area contributed by atoms with E-state index in [1.54, 1.807) is 12.4 Å². The third kappa shape index (κ3) is 3.40.